The van der Waals surface area contributed by atoms with E-state index in [-0.39, 0.29) is 0 Å². The van der Waals surface area contributed by atoms with E-state index in [2.05, 4.69) is 22.0 Å². The minimum absolute atomic E-state index is 0.425. The highest BCUT2D eigenvalue weighted by Gasteiger charge is 2.11. The van der Waals surface area contributed by atoms with Gasteiger partial charge in [-0.05, 0) is 19.1 Å². The molecule has 1 aromatic heterocycles. The minimum atomic E-state index is 0.425. The van der Waals surface area contributed by atoms with Crippen molar-refractivity contribution in [1.82, 2.24) is 10.2 Å². The van der Waals surface area contributed by atoms with Gasteiger partial charge in [-0.2, -0.15) is 0 Å². The second-order valence-electron chi connectivity index (χ2n) is 3.69. The van der Waals surface area contributed by atoms with Crippen molar-refractivity contribution in [2.45, 2.75) is 12.1 Å². The van der Waals surface area contributed by atoms with E-state index in [9.17, 15) is 0 Å². The van der Waals surface area contributed by atoms with Crippen molar-refractivity contribution in [1.29, 1.82) is 0 Å². The number of methoxy groups -OCH3 is 2. The van der Waals surface area contributed by atoms with Gasteiger partial charge in [0.2, 0.25) is 5.89 Å². The van der Waals surface area contributed by atoms with Gasteiger partial charge in [0.15, 0.2) is 0 Å². The Bertz CT molecular complexity index is 621. The van der Waals surface area contributed by atoms with Crippen molar-refractivity contribution in [2.75, 3.05) is 20.0 Å². The second kappa shape index (κ2) is 6.87. The van der Waals surface area contributed by atoms with Crippen LogP contribution in [-0.2, 0) is 0 Å². The molecule has 0 spiro atoms. The molecule has 0 amide bonds. The number of benzene rings is 1. The second-order valence-corrected chi connectivity index (χ2v) is 4.62. The minimum Gasteiger partial charge on any atom is -0.497 e. The average Bonchev–Trinajstić information content (AvgIpc) is 2.96. The molecule has 104 valence electrons. The quantitative estimate of drug-likeness (QED) is 0.623. The fraction of sp³-hybridized carbons (Fsp3) is 0.286. The molecule has 0 bridgehead atoms. The first-order chi connectivity index (χ1) is 9.76. The lowest BCUT2D eigenvalue weighted by atomic mass is 10.2. The fourth-order valence-electron chi connectivity index (χ4n) is 1.49. The molecule has 2 rings (SSSR count). The van der Waals surface area contributed by atoms with Gasteiger partial charge in [-0.3, -0.25) is 0 Å². The van der Waals surface area contributed by atoms with E-state index in [0.29, 0.717) is 28.4 Å². The van der Waals surface area contributed by atoms with E-state index in [0.717, 1.165) is 5.56 Å². The zero-order valence-corrected chi connectivity index (χ0v) is 12.3. The van der Waals surface area contributed by atoms with Gasteiger partial charge in [-0.1, -0.05) is 17.7 Å². The van der Waals surface area contributed by atoms with Gasteiger partial charge in [0, 0.05) is 11.6 Å². The molecule has 0 aliphatic heterocycles. The van der Waals surface area contributed by atoms with Crippen LogP contribution in [0.5, 0.6) is 11.5 Å². The number of aromatic nitrogens is 2. The molecule has 0 aliphatic carbocycles. The largest absolute Gasteiger partial charge is 0.497 e. The normalized spacial score (nSPS) is 9.75. The molecule has 5 nitrogen and oxygen atoms in total. The Kier molecular flexibility index (Phi) is 4.91. The molecule has 0 fully saturated rings. The summed E-state index contributed by atoms with van der Waals surface area (Å²) in [6, 6.07) is 5.42. The van der Waals surface area contributed by atoms with Gasteiger partial charge in [0.05, 0.1) is 20.0 Å². The third-order valence-corrected chi connectivity index (χ3v) is 3.15. The molecule has 0 radical (unpaired) electrons. The lowest BCUT2D eigenvalue weighted by Gasteiger charge is -2.05. The van der Waals surface area contributed by atoms with Crippen LogP contribution in [0.15, 0.2) is 27.8 Å². The third kappa shape index (κ3) is 3.45. The first-order valence-corrected chi connectivity index (χ1v) is 6.84. The Morgan fingerprint density at radius 1 is 1.15 bits per heavy atom. The summed E-state index contributed by atoms with van der Waals surface area (Å²) in [4.78, 5) is 0. The highest BCUT2D eigenvalue weighted by molar-refractivity contribution is 7.99. The number of thioether (sulfide) groups is 1. The van der Waals surface area contributed by atoms with Crippen molar-refractivity contribution in [3.63, 3.8) is 0 Å². The maximum atomic E-state index is 5.58. The summed E-state index contributed by atoms with van der Waals surface area (Å²) in [5, 5.41) is 8.48. The molecule has 0 aliphatic rings. The van der Waals surface area contributed by atoms with Crippen molar-refractivity contribution in [2.24, 2.45) is 0 Å². The average molecular weight is 290 g/mol. The molecule has 1 aromatic carbocycles. The Hall–Kier alpha value is -2.13. The number of nitrogens with zero attached hydrogens (tertiary/aromatic N) is 2. The molecule has 0 saturated heterocycles. The van der Waals surface area contributed by atoms with E-state index < -0.39 is 0 Å². The van der Waals surface area contributed by atoms with E-state index in [1.165, 1.54) is 11.8 Å². The van der Waals surface area contributed by atoms with Crippen LogP contribution in [-0.4, -0.2) is 30.2 Å². The van der Waals surface area contributed by atoms with Gasteiger partial charge in [0.1, 0.15) is 11.5 Å². The molecule has 0 saturated carbocycles. The summed E-state index contributed by atoms with van der Waals surface area (Å²) < 4.78 is 16.0. The Morgan fingerprint density at radius 3 is 2.45 bits per heavy atom. The summed E-state index contributed by atoms with van der Waals surface area (Å²) in [6.45, 7) is 1.79. The predicted octanol–water partition coefficient (Wildman–Crippen LogP) is 2.87. The summed E-state index contributed by atoms with van der Waals surface area (Å²) >= 11 is 1.40. The van der Waals surface area contributed by atoms with Crippen LogP contribution in [0.3, 0.4) is 0 Å². The topological polar surface area (TPSA) is 57.4 Å². The zero-order chi connectivity index (χ0) is 14.4. The van der Waals surface area contributed by atoms with Crippen LogP contribution in [0.25, 0.3) is 11.5 Å². The number of hydrogen-bond donors (Lipinski definition) is 0. The summed E-state index contributed by atoms with van der Waals surface area (Å²) in [6.07, 6.45) is 0. The van der Waals surface area contributed by atoms with E-state index >= 15 is 0 Å². The van der Waals surface area contributed by atoms with Crippen molar-refractivity contribution in [3.8, 4) is 34.8 Å². The van der Waals surface area contributed by atoms with Gasteiger partial charge in [-0.25, -0.2) is 0 Å². The molecule has 1 heterocycles. The van der Waals surface area contributed by atoms with Crippen LogP contribution in [0.4, 0.5) is 0 Å². The molecule has 20 heavy (non-hydrogen) atoms. The van der Waals surface area contributed by atoms with Crippen LogP contribution in [0.2, 0.25) is 0 Å². The molecule has 2 aromatic rings. The number of hydrogen-bond acceptors (Lipinski definition) is 6. The van der Waals surface area contributed by atoms with Crippen molar-refractivity contribution < 1.29 is 13.9 Å². The number of rotatable bonds is 5. The van der Waals surface area contributed by atoms with Crippen molar-refractivity contribution >= 4 is 11.8 Å². The third-order valence-electron chi connectivity index (χ3n) is 2.45. The first-order valence-electron chi connectivity index (χ1n) is 5.86. The van der Waals surface area contributed by atoms with Gasteiger partial charge in [-0.15, -0.1) is 16.1 Å². The van der Waals surface area contributed by atoms with Gasteiger partial charge < -0.3 is 13.9 Å². The Balaban J connectivity index is 2.24. The smallest absolute Gasteiger partial charge is 0.277 e. The molecule has 0 atom stereocenters. The lowest BCUT2D eigenvalue weighted by Crippen LogP contribution is -1.88. The molecule has 0 N–H and O–H groups in total. The highest BCUT2D eigenvalue weighted by Crippen LogP contribution is 2.30. The standard InChI is InChI=1S/C14H14N2O3S/c1-4-5-6-20-14-16-15-13(19-14)10-7-11(17-2)9-12(8-10)18-3/h7-9H,6H2,1-3H3. The summed E-state index contributed by atoms with van der Waals surface area (Å²) in [5.74, 6) is 8.13. The fourth-order valence-corrected chi connectivity index (χ4v) is 2.06. The van der Waals surface area contributed by atoms with Gasteiger partial charge in [0.25, 0.3) is 5.22 Å². The van der Waals surface area contributed by atoms with E-state index in [4.69, 9.17) is 13.9 Å². The Labute approximate surface area is 121 Å². The van der Waals surface area contributed by atoms with E-state index in [1.54, 1.807) is 27.2 Å². The Morgan fingerprint density at radius 2 is 1.85 bits per heavy atom. The van der Waals surface area contributed by atoms with Gasteiger partial charge >= 0.3 is 0 Å². The monoisotopic (exact) mass is 290 g/mol. The number of ether oxygens (including phenoxy) is 2. The molecule has 6 heteroatoms. The summed E-state index contributed by atoms with van der Waals surface area (Å²) in [7, 11) is 3.19. The zero-order valence-electron chi connectivity index (χ0n) is 11.5. The van der Waals surface area contributed by atoms with Crippen LogP contribution < -0.4 is 9.47 Å². The SMILES string of the molecule is CC#CCSc1nnc(-c2cc(OC)cc(OC)c2)o1. The van der Waals surface area contributed by atoms with E-state index in [1.807, 2.05) is 12.1 Å². The predicted molar refractivity (Wildman–Crippen MR) is 77.0 cm³/mol. The highest BCUT2D eigenvalue weighted by atomic mass is 32.2. The van der Waals surface area contributed by atoms with Crippen LogP contribution >= 0.6 is 11.8 Å². The molecule has 0 unspecified atom stereocenters. The van der Waals surface area contributed by atoms with Crippen LogP contribution in [0.1, 0.15) is 6.92 Å². The summed E-state index contributed by atoms with van der Waals surface area (Å²) in [5.41, 5.74) is 0.752. The van der Waals surface area contributed by atoms with Crippen molar-refractivity contribution in [3.05, 3.63) is 18.2 Å². The van der Waals surface area contributed by atoms with Crippen LogP contribution in [0, 0.1) is 11.8 Å². The lowest BCUT2D eigenvalue weighted by molar-refractivity contribution is 0.394. The first kappa shape index (κ1) is 14.3. The molecular weight excluding hydrogens is 276 g/mol. The maximum Gasteiger partial charge on any atom is 0.277 e. The maximum absolute atomic E-state index is 5.58. The molecular formula is C14H14N2O3S.